The molecule has 3 nitrogen and oxygen atoms in total. The second-order valence-electron chi connectivity index (χ2n) is 2.41. The molecule has 0 unspecified atom stereocenters. The highest BCUT2D eigenvalue weighted by Crippen LogP contribution is 2.18. The van der Waals surface area contributed by atoms with Gasteiger partial charge in [-0.25, -0.2) is 4.98 Å². The molecule has 62 valence electrons. The summed E-state index contributed by atoms with van der Waals surface area (Å²) in [6.07, 6.45) is -0.0531. The molecule has 0 atom stereocenters. The van der Waals surface area contributed by atoms with Crippen LogP contribution in [0.3, 0.4) is 0 Å². The smallest absolute Gasteiger partial charge is 0.188 e. The van der Waals surface area contributed by atoms with Crippen LogP contribution >= 0.6 is 11.3 Å². The summed E-state index contributed by atoms with van der Waals surface area (Å²) >= 11 is 1.35. The summed E-state index contributed by atoms with van der Waals surface area (Å²) in [6, 6.07) is 1.83. The summed E-state index contributed by atoms with van der Waals surface area (Å²) in [5.74, 6) is -0.124. The third-order valence-corrected chi connectivity index (χ3v) is 2.51. The van der Waals surface area contributed by atoms with Crippen LogP contribution in [-0.2, 0) is 0 Å². The lowest BCUT2D eigenvalue weighted by atomic mass is 10.2. The topological polar surface area (TPSA) is 53.8 Å². The summed E-state index contributed by atoms with van der Waals surface area (Å²) in [5.41, 5.74) is 0.734. The monoisotopic (exact) mass is 180 g/mol. The normalized spacial score (nSPS) is 9.42. The van der Waals surface area contributed by atoms with E-state index < -0.39 is 0 Å². The lowest BCUT2D eigenvalue weighted by Gasteiger charge is -1.89. The Morgan fingerprint density at radius 2 is 2.33 bits per heavy atom. The van der Waals surface area contributed by atoms with E-state index in [1.165, 1.54) is 11.3 Å². The molecule has 0 radical (unpaired) electrons. The number of rotatable bonds is 2. The van der Waals surface area contributed by atoms with Crippen molar-refractivity contribution in [2.75, 3.05) is 0 Å². The van der Waals surface area contributed by atoms with Gasteiger partial charge >= 0.3 is 0 Å². The van der Waals surface area contributed by atoms with Gasteiger partial charge in [0.05, 0.1) is 28.1 Å². The molecule has 1 heterocycles. The zero-order chi connectivity index (χ0) is 9.14. The number of Topliss-reactive ketones (excluding diaryl/α,β-unsaturated/α-hetero) is 1. The quantitative estimate of drug-likeness (QED) is 0.653. The number of hydrogen-bond acceptors (Lipinski definition) is 4. The van der Waals surface area contributed by atoms with Gasteiger partial charge in [0.15, 0.2) is 5.78 Å². The van der Waals surface area contributed by atoms with E-state index in [9.17, 15) is 4.79 Å². The van der Waals surface area contributed by atoms with Crippen LogP contribution in [0.25, 0.3) is 0 Å². The van der Waals surface area contributed by atoms with Gasteiger partial charge in [-0.1, -0.05) is 0 Å². The molecule has 0 saturated carbocycles. The highest BCUT2D eigenvalue weighted by Gasteiger charge is 2.12. The summed E-state index contributed by atoms with van der Waals surface area (Å²) < 4.78 is 0. The fourth-order valence-corrected chi connectivity index (χ4v) is 1.80. The zero-order valence-corrected chi connectivity index (χ0v) is 7.73. The summed E-state index contributed by atoms with van der Waals surface area (Å²) in [6.45, 7) is 3.63. The van der Waals surface area contributed by atoms with Crippen LogP contribution < -0.4 is 0 Å². The largest absolute Gasteiger partial charge is 0.292 e. The van der Waals surface area contributed by atoms with E-state index in [0.29, 0.717) is 4.88 Å². The van der Waals surface area contributed by atoms with E-state index in [0.717, 1.165) is 10.7 Å². The van der Waals surface area contributed by atoms with Gasteiger partial charge < -0.3 is 0 Å². The van der Waals surface area contributed by atoms with Crippen LogP contribution in [0.1, 0.15) is 26.8 Å². The Bertz CT molecular complexity index is 348. The average Bonchev–Trinajstić information content (AvgIpc) is 2.30. The number of thiazole rings is 1. The number of carbonyl (C=O) groups is 1. The summed E-state index contributed by atoms with van der Waals surface area (Å²) in [7, 11) is 0. The van der Waals surface area contributed by atoms with Gasteiger partial charge in [-0.2, -0.15) is 5.26 Å². The Morgan fingerprint density at radius 3 is 2.75 bits per heavy atom. The van der Waals surface area contributed by atoms with Crippen molar-refractivity contribution in [3.05, 3.63) is 15.6 Å². The predicted molar refractivity (Wildman–Crippen MR) is 46.1 cm³/mol. The Balaban J connectivity index is 2.96. The van der Waals surface area contributed by atoms with Crippen LogP contribution in [0.15, 0.2) is 0 Å². The van der Waals surface area contributed by atoms with Gasteiger partial charge in [-0.05, 0) is 13.8 Å². The van der Waals surface area contributed by atoms with Gasteiger partial charge in [-0.3, -0.25) is 4.79 Å². The van der Waals surface area contributed by atoms with E-state index in [-0.39, 0.29) is 12.2 Å². The highest BCUT2D eigenvalue weighted by molar-refractivity contribution is 7.13. The van der Waals surface area contributed by atoms with Crippen molar-refractivity contribution < 1.29 is 4.79 Å². The fraction of sp³-hybridized carbons (Fsp3) is 0.375. The first-order valence-electron chi connectivity index (χ1n) is 3.49. The molecule has 0 aliphatic carbocycles. The number of hydrogen-bond donors (Lipinski definition) is 0. The van der Waals surface area contributed by atoms with Gasteiger partial charge in [0.25, 0.3) is 0 Å². The van der Waals surface area contributed by atoms with Crippen LogP contribution in [0.2, 0.25) is 0 Å². The average molecular weight is 180 g/mol. The van der Waals surface area contributed by atoms with Gasteiger partial charge in [0.2, 0.25) is 0 Å². The minimum Gasteiger partial charge on any atom is -0.292 e. The fourth-order valence-electron chi connectivity index (χ4n) is 0.942. The number of ketones is 1. The SMILES string of the molecule is Cc1nc(C)c(C(=O)CC#N)s1. The van der Waals surface area contributed by atoms with Gasteiger partial charge in [0.1, 0.15) is 0 Å². The molecule has 1 rings (SSSR count). The molecular formula is C8H8N2OS. The number of nitrogens with zero attached hydrogens (tertiary/aromatic N) is 2. The maximum absolute atomic E-state index is 11.2. The summed E-state index contributed by atoms with van der Waals surface area (Å²) in [5, 5.41) is 9.18. The lowest BCUT2D eigenvalue weighted by Crippen LogP contribution is -1.95. The van der Waals surface area contributed by atoms with Crippen molar-refractivity contribution in [1.29, 1.82) is 5.26 Å². The van der Waals surface area contributed by atoms with Gasteiger partial charge in [-0.15, -0.1) is 11.3 Å². The lowest BCUT2D eigenvalue weighted by molar-refractivity contribution is 0.100. The maximum atomic E-state index is 11.2. The van der Waals surface area contributed by atoms with Crippen LogP contribution in [-0.4, -0.2) is 10.8 Å². The molecule has 1 aromatic rings. The second kappa shape index (κ2) is 3.46. The second-order valence-corrected chi connectivity index (χ2v) is 3.61. The molecule has 12 heavy (non-hydrogen) atoms. The number of aromatic nitrogens is 1. The third kappa shape index (κ3) is 1.69. The number of carbonyl (C=O) groups excluding carboxylic acids is 1. The van der Waals surface area contributed by atoms with Gasteiger partial charge in [0, 0.05) is 0 Å². The van der Waals surface area contributed by atoms with Crippen molar-refractivity contribution in [3.63, 3.8) is 0 Å². The van der Waals surface area contributed by atoms with E-state index in [1.807, 2.05) is 13.0 Å². The Hall–Kier alpha value is -1.21. The van der Waals surface area contributed by atoms with Crippen LogP contribution in [0, 0.1) is 25.2 Å². The molecule has 0 N–H and O–H groups in total. The molecule has 1 aromatic heterocycles. The Kier molecular flexibility index (Phi) is 2.56. The van der Waals surface area contributed by atoms with E-state index in [4.69, 9.17) is 5.26 Å². The standard InChI is InChI=1S/C8H8N2OS/c1-5-8(7(11)3-4-9)12-6(2)10-5/h3H2,1-2H3. The van der Waals surface area contributed by atoms with E-state index in [1.54, 1.807) is 6.92 Å². The first-order valence-corrected chi connectivity index (χ1v) is 4.31. The van der Waals surface area contributed by atoms with E-state index in [2.05, 4.69) is 4.98 Å². The third-order valence-electron chi connectivity index (χ3n) is 1.40. The maximum Gasteiger partial charge on any atom is 0.188 e. The molecule has 0 saturated heterocycles. The first kappa shape index (κ1) is 8.88. The van der Waals surface area contributed by atoms with Crippen LogP contribution in [0.5, 0.6) is 0 Å². The van der Waals surface area contributed by atoms with E-state index >= 15 is 0 Å². The van der Waals surface area contributed by atoms with Crippen molar-refractivity contribution in [2.45, 2.75) is 20.3 Å². The molecule has 0 aliphatic heterocycles. The Labute approximate surface area is 74.7 Å². The number of aryl methyl sites for hydroxylation is 2. The summed E-state index contributed by atoms with van der Waals surface area (Å²) in [4.78, 5) is 15.9. The van der Waals surface area contributed by atoms with Crippen molar-refractivity contribution >= 4 is 17.1 Å². The molecule has 0 spiro atoms. The zero-order valence-electron chi connectivity index (χ0n) is 6.92. The minimum atomic E-state index is -0.124. The van der Waals surface area contributed by atoms with Crippen LogP contribution in [0.4, 0.5) is 0 Å². The number of nitriles is 1. The molecule has 0 bridgehead atoms. The highest BCUT2D eigenvalue weighted by atomic mass is 32.1. The van der Waals surface area contributed by atoms with Crippen molar-refractivity contribution in [2.24, 2.45) is 0 Å². The molecule has 0 fully saturated rings. The Morgan fingerprint density at radius 1 is 1.67 bits per heavy atom. The molecule has 0 aromatic carbocycles. The molecule has 4 heteroatoms. The molecular weight excluding hydrogens is 172 g/mol. The first-order chi connectivity index (χ1) is 5.65. The van der Waals surface area contributed by atoms with Crippen molar-refractivity contribution in [1.82, 2.24) is 4.98 Å². The predicted octanol–water partition coefficient (Wildman–Crippen LogP) is 1.86. The molecule has 0 amide bonds. The minimum absolute atomic E-state index is 0.0531. The molecule has 0 aliphatic rings. The van der Waals surface area contributed by atoms with Crippen molar-refractivity contribution in [3.8, 4) is 6.07 Å².